The maximum absolute atomic E-state index is 13.8. The Kier molecular flexibility index (Phi) is 5.75. The van der Waals surface area contributed by atoms with E-state index in [1.807, 2.05) is 53.1 Å². The van der Waals surface area contributed by atoms with Crippen molar-refractivity contribution in [3.05, 3.63) is 124 Å². The summed E-state index contributed by atoms with van der Waals surface area (Å²) in [6, 6.07) is 21.8. The minimum absolute atomic E-state index is 0.0361. The summed E-state index contributed by atoms with van der Waals surface area (Å²) in [5.74, 6) is 0.748. The highest BCUT2D eigenvalue weighted by atomic mass is 79.9. The van der Waals surface area contributed by atoms with Crippen LogP contribution in [0.5, 0.6) is 5.75 Å². The molecule has 0 bridgehead atoms. The Morgan fingerprint density at radius 2 is 1.91 bits per heavy atom. The summed E-state index contributed by atoms with van der Waals surface area (Å²) >= 11 is 11.2. The van der Waals surface area contributed by atoms with E-state index in [0.717, 1.165) is 45.5 Å². The number of aromatic nitrogens is 1. The topological polar surface area (TPSA) is 43.6 Å². The molecule has 3 aromatic carbocycles. The fraction of sp³-hybridized carbons (Fsp3) is 0.143. The van der Waals surface area contributed by atoms with Crippen LogP contribution in [0.2, 0.25) is 5.02 Å². The lowest BCUT2D eigenvalue weighted by atomic mass is 9.83. The maximum atomic E-state index is 13.8. The molecule has 0 amide bonds. The van der Waals surface area contributed by atoms with Crippen molar-refractivity contribution >= 4 is 50.6 Å². The predicted octanol–water partition coefficient (Wildman–Crippen LogP) is 5.74. The monoisotopic (exact) mass is 562 g/mol. The summed E-state index contributed by atoms with van der Waals surface area (Å²) in [4.78, 5) is 19.6. The Morgan fingerprint density at radius 3 is 2.69 bits per heavy atom. The van der Waals surface area contributed by atoms with E-state index in [4.69, 9.17) is 21.3 Å². The molecule has 35 heavy (non-hydrogen) atoms. The van der Waals surface area contributed by atoms with Crippen LogP contribution in [0.4, 0.5) is 0 Å². The molecule has 0 fully saturated rings. The molecule has 0 saturated carbocycles. The van der Waals surface area contributed by atoms with Crippen LogP contribution in [0.15, 0.2) is 86.6 Å². The number of thiazole rings is 1. The number of aryl methyl sites for hydroxylation is 1. The highest BCUT2D eigenvalue weighted by Crippen LogP contribution is 2.41. The van der Waals surface area contributed by atoms with Gasteiger partial charge in [0.15, 0.2) is 4.80 Å². The zero-order valence-corrected chi connectivity index (χ0v) is 22.0. The molecule has 174 valence electrons. The minimum Gasteiger partial charge on any atom is -0.496 e. The molecule has 2 heterocycles. The molecular weight excluding hydrogens is 544 g/mol. The SMILES string of the molecule is COc1ccc(/C=c2/sc3n(c2=O)[C@H](c2ccc(Cl)cc2)C2=C(N=3)c3ccccc3CC2)cc1Br. The number of benzene rings is 3. The third kappa shape index (κ3) is 3.90. The van der Waals surface area contributed by atoms with Crippen molar-refractivity contribution in [2.24, 2.45) is 4.99 Å². The highest BCUT2D eigenvalue weighted by Gasteiger charge is 2.32. The van der Waals surface area contributed by atoms with Crippen LogP contribution in [-0.2, 0) is 6.42 Å². The molecule has 0 spiro atoms. The Morgan fingerprint density at radius 1 is 1.11 bits per heavy atom. The van der Waals surface area contributed by atoms with Crippen molar-refractivity contribution < 1.29 is 4.74 Å². The smallest absolute Gasteiger partial charge is 0.271 e. The number of halogens is 2. The average molecular weight is 564 g/mol. The van der Waals surface area contributed by atoms with E-state index in [2.05, 4.69) is 40.2 Å². The molecule has 7 heteroatoms. The zero-order valence-electron chi connectivity index (χ0n) is 18.8. The van der Waals surface area contributed by atoms with Crippen molar-refractivity contribution in [1.29, 1.82) is 0 Å². The molecule has 0 saturated heterocycles. The second-order valence-corrected chi connectivity index (χ2v) is 10.9. The highest BCUT2D eigenvalue weighted by molar-refractivity contribution is 9.10. The summed E-state index contributed by atoms with van der Waals surface area (Å²) in [5, 5.41) is 0.675. The number of allylic oxidation sites excluding steroid dienone is 1. The number of nitrogens with zero attached hydrogens (tertiary/aromatic N) is 2. The van der Waals surface area contributed by atoms with E-state index >= 15 is 0 Å². The lowest BCUT2D eigenvalue weighted by Gasteiger charge is -2.30. The van der Waals surface area contributed by atoms with Gasteiger partial charge < -0.3 is 4.74 Å². The zero-order chi connectivity index (χ0) is 24.1. The number of methoxy groups -OCH3 is 1. The van der Waals surface area contributed by atoms with E-state index in [0.29, 0.717) is 14.4 Å². The van der Waals surface area contributed by atoms with Crippen molar-refractivity contribution in [3.8, 4) is 5.75 Å². The number of fused-ring (bicyclic) bond motifs is 3. The average Bonchev–Trinajstić information content (AvgIpc) is 3.18. The predicted molar refractivity (Wildman–Crippen MR) is 145 cm³/mol. The van der Waals surface area contributed by atoms with Gasteiger partial charge >= 0.3 is 0 Å². The molecule has 1 aliphatic heterocycles. The number of rotatable bonds is 3. The van der Waals surface area contributed by atoms with Gasteiger partial charge in [0.25, 0.3) is 5.56 Å². The Balaban J connectivity index is 1.59. The third-order valence-corrected chi connectivity index (χ3v) is 8.39. The van der Waals surface area contributed by atoms with E-state index < -0.39 is 0 Å². The van der Waals surface area contributed by atoms with Crippen molar-refractivity contribution in [2.45, 2.75) is 18.9 Å². The lowest BCUT2D eigenvalue weighted by molar-refractivity contribution is 0.412. The minimum atomic E-state index is -0.211. The van der Waals surface area contributed by atoms with Gasteiger partial charge in [-0.25, -0.2) is 4.99 Å². The molecule has 4 aromatic rings. The van der Waals surface area contributed by atoms with Gasteiger partial charge in [-0.2, -0.15) is 0 Å². The van der Waals surface area contributed by atoms with Crippen LogP contribution < -0.4 is 19.6 Å². The summed E-state index contributed by atoms with van der Waals surface area (Å²) < 4.78 is 8.68. The second kappa shape index (κ2) is 8.94. The van der Waals surface area contributed by atoms with Crippen LogP contribution in [-0.4, -0.2) is 11.7 Å². The first-order valence-corrected chi connectivity index (χ1v) is 13.2. The standard InChI is InChI=1S/C28H20BrClN2O2S/c1-34-23-13-6-16(14-22(23)29)15-24-27(33)32-26(18-7-10-19(30)11-8-18)21-12-9-17-4-2-3-5-20(17)25(21)31-28(32)35-24/h2-8,10-11,13-15,26H,9,12H2,1H3/b24-15+/t26-/m1/s1. The lowest BCUT2D eigenvalue weighted by Crippen LogP contribution is -2.38. The summed E-state index contributed by atoms with van der Waals surface area (Å²) in [6.07, 6.45) is 3.71. The van der Waals surface area contributed by atoms with Gasteiger partial charge in [-0.05, 0) is 81.4 Å². The Bertz CT molecular complexity index is 1690. The van der Waals surface area contributed by atoms with Gasteiger partial charge in [-0.1, -0.05) is 65.4 Å². The van der Waals surface area contributed by atoms with E-state index in [9.17, 15) is 4.79 Å². The van der Waals surface area contributed by atoms with Crippen molar-refractivity contribution in [1.82, 2.24) is 4.57 Å². The van der Waals surface area contributed by atoms with Crippen LogP contribution in [0.25, 0.3) is 11.8 Å². The Labute approximate surface area is 219 Å². The van der Waals surface area contributed by atoms with Crippen LogP contribution in [0.3, 0.4) is 0 Å². The van der Waals surface area contributed by atoms with Crippen LogP contribution in [0.1, 0.15) is 34.7 Å². The number of hydrogen-bond acceptors (Lipinski definition) is 4. The number of hydrogen-bond donors (Lipinski definition) is 0. The first-order valence-electron chi connectivity index (χ1n) is 11.3. The first kappa shape index (κ1) is 22.5. The van der Waals surface area contributed by atoms with Gasteiger partial charge in [0, 0.05) is 10.6 Å². The van der Waals surface area contributed by atoms with Gasteiger partial charge in [-0.15, -0.1) is 0 Å². The van der Waals surface area contributed by atoms with Crippen molar-refractivity contribution in [3.63, 3.8) is 0 Å². The van der Waals surface area contributed by atoms with Crippen LogP contribution >= 0.6 is 38.9 Å². The van der Waals surface area contributed by atoms with Gasteiger partial charge in [0.2, 0.25) is 0 Å². The molecule has 6 rings (SSSR count). The second-order valence-electron chi connectivity index (χ2n) is 8.56. The van der Waals surface area contributed by atoms with E-state index in [1.165, 1.54) is 22.5 Å². The summed E-state index contributed by atoms with van der Waals surface area (Å²) in [7, 11) is 1.63. The molecule has 0 N–H and O–H groups in total. The van der Waals surface area contributed by atoms with Gasteiger partial charge in [0.05, 0.1) is 27.9 Å². The molecule has 1 atom stereocenters. The van der Waals surface area contributed by atoms with Crippen molar-refractivity contribution in [2.75, 3.05) is 7.11 Å². The summed E-state index contributed by atoms with van der Waals surface area (Å²) in [5.41, 5.74) is 6.54. The van der Waals surface area contributed by atoms with Gasteiger partial charge in [-0.3, -0.25) is 9.36 Å². The van der Waals surface area contributed by atoms with Gasteiger partial charge in [0.1, 0.15) is 5.75 Å². The Hall–Kier alpha value is -2.93. The molecule has 0 unspecified atom stereocenters. The molecule has 2 aliphatic rings. The molecule has 4 nitrogen and oxygen atoms in total. The number of ether oxygens (including phenoxy) is 1. The normalized spacial score (nSPS) is 16.9. The molecule has 1 aromatic heterocycles. The molecular formula is C28H20BrClN2O2S. The fourth-order valence-electron chi connectivity index (χ4n) is 4.89. The van der Waals surface area contributed by atoms with E-state index in [1.54, 1.807) is 7.11 Å². The van der Waals surface area contributed by atoms with E-state index in [-0.39, 0.29) is 11.6 Å². The quantitative estimate of drug-likeness (QED) is 0.319. The first-order chi connectivity index (χ1) is 17.0. The van der Waals surface area contributed by atoms with Crippen LogP contribution in [0, 0.1) is 0 Å². The fourth-order valence-corrected chi connectivity index (χ4v) is 6.58. The largest absolute Gasteiger partial charge is 0.496 e. The maximum Gasteiger partial charge on any atom is 0.271 e. The molecule has 0 radical (unpaired) electrons. The summed E-state index contributed by atoms with van der Waals surface area (Å²) in [6.45, 7) is 0. The molecule has 1 aliphatic carbocycles. The third-order valence-electron chi connectivity index (χ3n) is 6.53.